The molecule has 1 fully saturated rings. The van der Waals surface area contributed by atoms with Gasteiger partial charge in [-0.1, -0.05) is 48.3 Å². The number of hydrogen-bond donors (Lipinski definition) is 4. The zero-order valence-electron chi connectivity index (χ0n) is 26.6. The second-order valence-corrected chi connectivity index (χ2v) is 11.2. The molecule has 49 heavy (non-hydrogen) atoms. The molecule has 1 saturated heterocycles. The lowest BCUT2D eigenvalue weighted by Crippen LogP contribution is -2.40. The molecule has 1 aromatic carbocycles. The number of aliphatic carboxylic acids is 2. The zero-order chi connectivity index (χ0) is 36.8. The van der Waals surface area contributed by atoms with Gasteiger partial charge in [0.1, 0.15) is 23.0 Å². The number of ketones is 1. The van der Waals surface area contributed by atoms with Crippen molar-refractivity contribution in [2.45, 2.75) is 70.3 Å². The Hall–Kier alpha value is -4.74. The Bertz CT molecular complexity index is 1480. The van der Waals surface area contributed by atoms with Gasteiger partial charge in [-0.15, -0.1) is 0 Å². The van der Waals surface area contributed by atoms with E-state index in [9.17, 15) is 35.9 Å². The van der Waals surface area contributed by atoms with E-state index in [0.29, 0.717) is 18.0 Å². The fourth-order valence-corrected chi connectivity index (χ4v) is 4.52. The second-order valence-electron chi connectivity index (χ2n) is 11.2. The maximum Gasteiger partial charge on any atom is 0.490 e. The number of imidazole rings is 1. The normalized spacial score (nSPS) is 14.4. The van der Waals surface area contributed by atoms with Gasteiger partial charge in [-0.3, -0.25) is 4.79 Å². The third-order valence-electron chi connectivity index (χ3n) is 7.18. The number of amides is 1. The van der Waals surface area contributed by atoms with Gasteiger partial charge in [0.25, 0.3) is 0 Å². The third-order valence-corrected chi connectivity index (χ3v) is 7.18. The molecule has 0 unspecified atom stereocenters. The number of likely N-dealkylation sites (tertiary alicyclic amines) is 1. The summed E-state index contributed by atoms with van der Waals surface area (Å²) in [5, 5.41) is 21.7. The highest BCUT2D eigenvalue weighted by Gasteiger charge is 2.39. The van der Waals surface area contributed by atoms with Crippen LogP contribution in [-0.2, 0) is 19.2 Å². The van der Waals surface area contributed by atoms with Gasteiger partial charge < -0.3 is 34.7 Å². The van der Waals surface area contributed by atoms with Crippen molar-refractivity contribution in [3.8, 4) is 22.7 Å². The molecule has 0 saturated carbocycles. The number of rotatable bonds is 11. The molecule has 0 bridgehead atoms. The van der Waals surface area contributed by atoms with Crippen molar-refractivity contribution < 1.29 is 60.3 Å². The highest BCUT2D eigenvalue weighted by molar-refractivity contribution is 5.79. The fourth-order valence-electron chi connectivity index (χ4n) is 4.52. The van der Waals surface area contributed by atoms with E-state index in [2.05, 4.69) is 32.4 Å². The van der Waals surface area contributed by atoms with E-state index >= 15 is 0 Å². The van der Waals surface area contributed by atoms with Crippen molar-refractivity contribution in [3.05, 3.63) is 48.4 Å². The van der Waals surface area contributed by atoms with E-state index < -0.39 is 24.3 Å². The zero-order valence-corrected chi connectivity index (χ0v) is 26.6. The monoisotopic (exact) mass is 705 g/mol. The van der Waals surface area contributed by atoms with Crippen molar-refractivity contribution >= 4 is 23.6 Å². The second kappa shape index (κ2) is 18.7. The van der Waals surface area contributed by atoms with Crippen molar-refractivity contribution in [2.24, 2.45) is 5.92 Å². The first-order valence-electron chi connectivity index (χ1n) is 15.0. The summed E-state index contributed by atoms with van der Waals surface area (Å²) >= 11 is 0. The van der Waals surface area contributed by atoms with Crippen LogP contribution in [0.1, 0.15) is 63.7 Å². The van der Waals surface area contributed by atoms with Gasteiger partial charge in [-0.2, -0.15) is 26.3 Å². The van der Waals surface area contributed by atoms with Gasteiger partial charge in [-0.05, 0) is 52.7 Å². The average molecular weight is 706 g/mol. The Kier molecular flexibility index (Phi) is 15.4. The van der Waals surface area contributed by atoms with Crippen LogP contribution in [0.3, 0.4) is 0 Å². The number of carboxylic acid groups (broad SMARTS) is 2. The van der Waals surface area contributed by atoms with Crippen LogP contribution in [0, 0.1) is 5.92 Å². The molecule has 4 N–H and O–H groups in total. The SMILES string of the molecule is CC(=O)CCCCC[C@H](NC(=O)C1CCN(C)CC1)c1ncc(-c2cc(-c3ccccc3)no2)[nH]1.O=C(O)C(F)(F)F.O=C(O)C(F)(F)F. The predicted molar refractivity (Wildman–Crippen MR) is 162 cm³/mol. The topological polar surface area (TPSA) is 179 Å². The van der Waals surface area contributed by atoms with Gasteiger partial charge in [-0.25, -0.2) is 14.6 Å². The Morgan fingerprint density at radius 2 is 1.55 bits per heavy atom. The minimum absolute atomic E-state index is 0.0311. The lowest BCUT2D eigenvalue weighted by atomic mass is 9.95. The van der Waals surface area contributed by atoms with Gasteiger partial charge >= 0.3 is 24.3 Å². The molecule has 0 radical (unpaired) electrons. The lowest BCUT2D eigenvalue weighted by molar-refractivity contribution is -0.193. The molecule has 1 aliphatic rings. The number of nitrogens with zero attached hydrogens (tertiary/aromatic N) is 3. The summed E-state index contributed by atoms with van der Waals surface area (Å²) in [6.07, 6.45) is -2.61. The molecule has 3 heterocycles. The Balaban J connectivity index is 0.000000500. The first-order chi connectivity index (χ1) is 22.9. The number of aromatic amines is 1. The molecule has 12 nitrogen and oxygen atoms in total. The number of unbranched alkanes of at least 4 members (excludes halogenated alkanes) is 2. The molecule has 0 spiro atoms. The maximum atomic E-state index is 13.1. The van der Waals surface area contributed by atoms with E-state index in [1.807, 2.05) is 36.4 Å². The Morgan fingerprint density at radius 3 is 2.08 bits per heavy atom. The van der Waals surface area contributed by atoms with E-state index in [4.69, 9.17) is 24.3 Å². The molecule has 0 aliphatic carbocycles. The quantitative estimate of drug-likeness (QED) is 0.136. The molecule has 1 aliphatic heterocycles. The minimum Gasteiger partial charge on any atom is -0.475 e. The van der Waals surface area contributed by atoms with Gasteiger partial charge in [0.05, 0.1) is 12.2 Å². The number of nitrogens with one attached hydrogen (secondary N) is 2. The molecule has 1 amide bonds. The average Bonchev–Trinajstić information content (AvgIpc) is 3.71. The summed E-state index contributed by atoms with van der Waals surface area (Å²) in [6, 6.07) is 11.5. The summed E-state index contributed by atoms with van der Waals surface area (Å²) in [5.41, 5.74) is 2.47. The summed E-state index contributed by atoms with van der Waals surface area (Å²) in [7, 11) is 2.09. The molecule has 3 aromatic rings. The van der Waals surface area contributed by atoms with E-state index in [0.717, 1.165) is 68.6 Å². The van der Waals surface area contributed by atoms with Crippen LogP contribution in [0.2, 0.25) is 0 Å². The Labute approximate surface area is 276 Å². The molecule has 18 heteroatoms. The number of carboxylic acids is 2. The summed E-state index contributed by atoms with van der Waals surface area (Å²) in [4.78, 5) is 52.3. The summed E-state index contributed by atoms with van der Waals surface area (Å²) in [5.74, 6) is -3.86. The van der Waals surface area contributed by atoms with Crippen LogP contribution in [0.15, 0.2) is 47.1 Å². The smallest absolute Gasteiger partial charge is 0.475 e. The number of carbonyl (C=O) groups is 4. The molecular formula is C31H37F6N5O7. The number of hydrogen-bond acceptors (Lipinski definition) is 8. The number of piperidine rings is 1. The number of alkyl halides is 6. The highest BCUT2D eigenvalue weighted by Crippen LogP contribution is 2.27. The number of carbonyl (C=O) groups excluding carboxylic acids is 2. The minimum atomic E-state index is -5.08. The lowest BCUT2D eigenvalue weighted by Gasteiger charge is -2.29. The molecule has 1 atom stereocenters. The molecular weight excluding hydrogens is 668 g/mol. The van der Waals surface area contributed by atoms with Crippen molar-refractivity contribution in [1.82, 2.24) is 25.3 Å². The van der Waals surface area contributed by atoms with Crippen LogP contribution in [-0.4, -0.2) is 86.4 Å². The molecule has 4 rings (SSSR count). The van der Waals surface area contributed by atoms with E-state index in [-0.39, 0.29) is 23.7 Å². The van der Waals surface area contributed by atoms with Gasteiger partial charge in [0, 0.05) is 24.0 Å². The van der Waals surface area contributed by atoms with Crippen LogP contribution in [0.4, 0.5) is 26.3 Å². The summed E-state index contributed by atoms with van der Waals surface area (Å²) < 4.78 is 69.0. The van der Waals surface area contributed by atoms with E-state index in [1.165, 1.54) is 0 Å². The van der Waals surface area contributed by atoms with E-state index in [1.54, 1.807) is 13.1 Å². The Morgan fingerprint density at radius 1 is 0.980 bits per heavy atom. The van der Waals surface area contributed by atoms with Crippen LogP contribution >= 0.6 is 0 Å². The maximum absolute atomic E-state index is 13.1. The summed E-state index contributed by atoms with van der Waals surface area (Å²) in [6.45, 7) is 3.50. The van der Waals surface area contributed by atoms with Gasteiger partial charge in [0.2, 0.25) is 5.91 Å². The van der Waals surface area contributed by atoms with Crippen molar-refractivity contribution in [2.75, 3.05) is 20.1 Å². The van der Waals surface area contributed by atoms with Crippen LogP contribution < -0.4 is 5.32 Å². The first kappa shape index (κ1) is 40.4. The first-order valence-corrected chi connectivity index (χ1v) is 15.0. The number of benzene rings is 1. The number of H-pyrrole nitrogens is 1. The third kappa shape index (κ3) is 14.5. The predicted octanol–water partition coefficient (Wildman–Crippen LogP) is 6.04. The number of aromatic nitrogens is 3. The van der Waals surface area contributed by atoms with Gasteiger partial charge in [0.15, 0.2) is 5.76 Å². The van der Waals surface area contributed by atoms with Crippen LogP contribution in [0.25, 0.3) is 22.7 Å². The number of halogens is 6. The standard InChI is InChI=1S/C27H35N5O3.2C2HF3O2/c1-19(33)9-5-3-8-12-22(30-27(34)21-13-15-32(2)16-14-21)26-28-18-24(29-26)25-17-23(31-35-25)20-10-6-4-7-11-20;2*3-2(4,5)1(6)7/h4,6-7,10-11,17-18,21-22H,3,5,8-9,12-16H2,1-2H3,(H,28,29)(H,30,34);2*(H,6,7)/t22-;;/m0../s1. The number of Topliss-reactive ketones (excluding diaryl/α,β-unsaturated/α-hetero) is 1. The van der Waals surface area contributed by atoms with Crippen LogP contribution in [0.5, 0.6) is 0 Å². The molecule has 270 valence electrons. The fraction of sp³-hybridized carbons (Fsp3) is 0.484. The molecule has 2 aromatic heterocycles. The highest BCUT2D eigenvalue weighted by atomic mass is 19.4. The largest absolute Gasteiger partial charge is 0.490 e. The van der Waals surface area contributed by atoms with Crippen molar-refractivity contribution in [3.63, 3.8) is 0 Å². The van der Waals surface area contributed by atoms with Crippen molar-refractivity contribution in [1.29, 1.82) is 0 Å².